The highest BCUT2D eigenvalue weighted by molar-refractivity contribution is 9.10. The van der Waals surface area contributed by atoms with Gasteiger partial charge in [-0.1, -0.05) is 48.5 Å². The highest BCUT2D eigenvalue weighted by atomic mass is 79.9. The molecule has 156 valence electrons. The highest BCUT2D eigenvalue weighted by Crippen LogP contribution is 2.34. The lowest BCUT2D eigenvalue weighted by Gasteiger charge is -2.21. The number of hydrogen-bond donors (Lipinski definition) is 1. The molecule has 0 bridgehead atoms. The van der Waals surface area contributed by atoms with E-state index in [0.29, 0.717) is 35.6 Å². The predicted octanol–water partition coefficient (Wildman–Crippen LogP) is 4.87. The number of sulfonamides is 1. The number of rotatable bonds is 6. The summed E-state index contributed by atoms with van der Waals surface area (Å²) < 4.78 is 41.3. The van der Waals surface area contributed by atoms with E-state index in [1.165, 1.54) is 0 Å². The molecular formula is C23H22BrNO4S. The molecule has 0 saturated carbocycles. The molecular weight excluding hydrogens is 466 g/mol. The van der Waals surface area contributed by atoms with Crippen molar-refractivity contribution >= 4 is 26.0 Å². The van der Waals surface area contributed by atoms with Gasteiger partial charge >= 0.3 is 0 Å². The SMILES string of the molecule is O=S(=O)(NC(Cc1ccccc1)c1ccc2c(c1)OCCCO2)c1ccccc1Br. The molecule has 0 aliphatic carbocycles. The third kappa shape index (κ3) is 4.86. The molecule has 30 heavy (non-hydrogen) atoms. The number of halogens is 1. The van der Waals surface area contributed by atoms with Crippen LogP contribution in [0.5, 0.6) is 11.5 Å². The lowest BCUT2D eigenvalue weighted by atomic mass is 9.99. The van der Waals surface area contributed by atoms with Gasteiger partial charge < -0.3 is 9.47 Å². The van der Waals surface area contributed by atoms with Crippen LogP contribution >= 0.6 is 15.9 Å². The van der Waals surface area contributed by atoms with Gasteiger partial charge in [0.25, 0.3) is 0 Å². The highest BCUT2D eigenvalue weighted by Gasteiger charge is 2.25. The lowest BCUT2D eigenvalue weighted by Crippen LogP contribution is -2.30. The Morgan fingerprint density at radius 1 is 0.900 bits per heavy atom. The summed E-state index contributed by atoms with van der Waals surface area (Å²) in [4.78, 5) is 0.206. The maximum Gasteiger partial charge on any atom is 0.242 e. The van der Waals surface area contributed by atoms with Crippen LogP contribution in [0.3, 0.4) is 0 Å². The lowest BCUT2D eigenvalue weighted by molar-refractivity contribution is 0.297. The van der Waals surface area contributed by atoms with E-state index in [-0.39, 0.29) is 4.90 Å². The molecule has 0 aromatic heterocycles. The fourth-order valence-electron chi connectivity index (χ4n) is 3.39. The van der Waals surface area contributed by atoms with Crippen LogP contribution in [0.1, 0.15) is 23.6 Å². The van der Waals surface area contributed by atoms with Gasteiger partial charge in [-0.05, 0) is 57.7 Å². The van der Waals surface area contributed by atoms with Crippen LogP contribution in [0.2, 0.25) is 0 Å². The van der Waals surface area contributed by atoms with Crippen LogP contribution in [0.4, 0.5) is 0 Å². The van der Waals surface area contributed by atoms with Gasteiger partial charge in [0.1, 0.15) is 0 Å². The molecule has 7 heteroatoms. The number of benzene rings is 3. The van der Waals surface area contributed by atoms with Crippen molar-refractivity contribution < 1.29 is 17.9 Å². The second-order valence-electron chi connectivity index (χ2n) is 7.05. The van der Waals surface area contributed by atoms with Gasteiger partial charge in [0, 0.05) is 10.9 Å². The van der Waals surface area contributed by atoms with Crippen LogP contribution in [0.25, 0.3) is 0 Å². The number of ether oxygens (including phenoxy) is 2. The monoisotopic (exact) mass is 487 g/mol. The molecule has 0 amide bonds. The molecule has 4 rings (SSSR count). The molecule has 5 nitrogen and oxygen atoms in total. The van der Waals surface area contributed by atoms with Crippen molar-refractivity contribution in [1.82, 2.24) is 4.72 Å². The second-order valence-corrected chi connectivity index (χ2v) is 9.59. The minimum atomic E-state index is -3.76. The summed E-state index contributed by atoms with van der Waals surface area (Å²) in [5.41, 5.74) is 1.85. The molecule has 1 aliphatic rings. The molecule has 1 unspecified atom stereocenters. The molecule has 0 radical (unpaired) electrons. The standard InChI is InChI=1S/C23H22BrNO4S/c24-19-9-4-5-10-23(19)30(26,27)25-20(15-17-7-2-1-3-8-17)18-11-12-21-22(16-18)29-14-6-13-28-21/h1-5,7-12,16,20,25H,6,13-15H2. The van der Waals surface area contributed by atoms with Gasteiger partial charge in [0.15, 0.2) is 11.5 Å². The van der Waals surface area contributed by atoms with Gasteiger partial charge in [-0.15, -0.1) is 0 Å². The van der Waals surface area contributed by atoms with Gasteiger partial charge in [-0.3, -0.25) is 0 Å². The Morgan fingerprint density at radius 3 is 2.37 bits per heavy atom. The first kappa shape index (κ1) is 20.9. The first-order chi connectivity index (χ1) is 14.5. The third-order valence-electron chi connectivity index (χ3n) is 4.88. The van der Waals surface area contributed by atoms with E-state index in [4.69, 9.17) is 9.47 Å². The summed E-state index contributed by atoms with van der Waals surface area (Å²) >= 11 is 3.35. The Labute approximate surface area is 185 Å². The van der Waals surface area contributed by atoms with E-state index in [0.717, 1.165) is 17.5 Å². The zero-order chi connectivity index (χ0) is 21.0. The van der Waals surface area contributed by atoms with Crippen LogP contribution in [0, 0.1) is 0 Å². The van der Waals surface area contributed by atoms with Crippen molar-refractivity contribution in [3.05, 3.63) is 88.4 Å². The second kappa shape index (κ2) is 9.20. The van der Waals surface area contributed by atoms with Crippen LogP contribution in [0.15, 0.2) is 82.2 Å². The minimum Gasteiger partial charge on any atom is -0.490 e. The van der Waals surface area contributed by atoms with Gasteiger partial charge in [0.2, 0.25) is 10.0 Å². The first-order valence-electron chi connectivity index (χ1n) is 9.73. The van der Waals surface area contributed by atoms with E-state index in [1.807, 2.05) is 48.5 Å². The Bertz CT molecular complexity index is 1120. The molecule has 1 atom stereocenters. The third-order valence-corrected chi connectivity index (χ3v) is 7.36. The number of fused-ring (bicyclic) bond motifs is 1. The van der Waals surface area contributed by atoms with E-state index < -0.39 is 16.1 Å². The van der Waals surface area contributed by atoms with Crippen molar-refractivity contribution in [3.63, 3.8) is 0 Å². The molecule has 1 heterocycles. The van der Waals surface area contributed by atoms with Crippen LogP contribution in [-0.2, 0) is 16.4 Å². The predicted molar refractivity (Wildman–Crippen MR) is 119 cm³/mol. The van der Waals surface area contributed by atoms with Crippen molar-refractivity contribution in [1.29, 1.82) is 0 Å². The normalized spacial score (nSPS) is 14.7. The molecule has 3 aromatic rings. The van der Waals surface area contributed by atoms with Crippen molar-refractivity contribution in [2.24, 2.45) is 0 Å². The zero-order valence-electron chi connectivity index (χ0n) is 16.3. The fourth-order valence-corrected chi connectivity index (χ4v) is 5.61. The maximum absolute atomic E-state index is 13.2. The summed E-state index contributed by atoms with van der Waals surface area (Å²) in [5.74, 6) is 1.33. The largest absolute Gasteiger partial charge is 0.490 e. The average Bonchev–Trinajstić information content (AvgIpc) is 2.99. The summed E-state index contributed by atoms with van der Waals surface area (Å²) in [6.07, 6.45) is 1.32. The van der Waals surface area contributed by atoms with Crippen LogP contribution < -0.4 is 14.2 Å². The molecule has 0 spiro atoms. The van der Waals surface area contributed by atoms with Gasteiger partial charge in [-0.2, -0.15) is 0 Å². The average molecular weight is 488 g/mol. The Kier molecular flexibility index (Phi) is 6.41. The molecule has 0 saturated heterocycles. The quantitative estimate of drug-likeness (QED) is 0.538. The molecule has 1 aliphatic heterocycles. The molecule has 0 fully saturated rings. The van der Waals surface area contributed by atoms with E-state index in [9.17, 15) is 8.42 Å². The first-order valence-corrected chi connectivity index (χ1v) is 12.0. The van der Waals surface area contributed by atoms with Gasteiger partial charge in [0.05, 0.1) is 24.2 Å². The Hall–Kier alpha value is -2.35. The number of hydrogen-bond acceptors (Lipinski definition) is 4. The zero-order valence-corrected chi connectivity index (χ0v) is 18.7. The summed E-state index contributed by atoms with van der Waals surface area (Å²) in [6.45, 7) is 1.18. The molecule has 3 aromatic carbocycles. The van der Waals surface area contributed by atoms with Crippen LogP contribution in [-0.4, -0.2) is 21.6 Å². The smallest absolute Gasteiger partial charge is 0.242 e. The van der Waals surface area contributed by atoms with E-state index >= 15 is 0 Å². The van der Waals surface area contributed by atoms with E-state index in [2.05, 4.69) is 20.7 Å². The summed E-state index contributed by atoms with van der Waals surface area (Å²) in [6, 6.07) is 21.7. The van der Waals surface area contributed by atoms with E-state index in [1.54, 1.807) is 24.3 Å². The van der Waals surface area contributed by atoms with Crippen molar-refractivity contribution in [3.8, 4) is 11.5 Å². The number of nitrogens with one attached hydrogen (secondary N) is 1. The molecule has 1 N–H and O–H groups in total. The fraction of sp³-hybridized carbons (Fsp3) is 0.217. The minimum absolute atomic E-state index is 0.206. The summed E-state index contributed by atoms with van der Waals surface area (Å²) in [7, 11) is -3.76. The Balaban J connectivity index is 1.70. The van der Waals surface area contributed by atoms with Gasteiger partial charge in [-0.25, -0.2) is 13.1 Å². The van der Waals surface area contributed by atoms with Crippen molar-refractivity contribution in [2.45, 2.75) is 23.8 Å². The summed E-state index contributed by atoms with van der Waals surface area (Å²) in [5, 5.41) is 0. The topological polar surface area (TPSA) is 64.6 Å². The maximum atomic E-state index is 13.2. The van der Waals surface area contributed by atoms with Crippen molar-refractivity contribution in [2.75, 3.05) is 13.2 Å². The Morgan fingerprint density at radius 2 is 1.60 bits per heavy atom.